The lowest BCUT2D eigenvalue weighted by atomic mass is 10.1. The maximum absolute atomic E-state index is 8.06. The molecule has 4 nitrogen and oxygen atoms in total. The number of nitrogens with two attached hydrogens (primary N) is 1. The first-order chi connectivity index (χ1) is 7.25. The minimum absolute atomic E-state index is 0.442. The summed E-state index contributed by atoms with van der Waals surface area (Å²) in [6.45, 7) is 0.442. The Bertz CT molecular complexity index is 388. The van der Waals surface area contributed by atoms with Crippen LogP contribution in [0.2, 0.25) is 5.02 Å². The first-order valence-corrected chi connectivity index (χ1v) is 4.85. The van der Waals surface area contributed by atoms with Gasteiger partial charge < -0.3 is 5.73 Å². The van der Waals surface area contributed by atoms with E-state index in [1.807, 2.05) is 12.2 Å². The molecule has 1 aromatic carbocycles. The van der Waals surface area contributed by atoms with Crippen molar-refractivity contribution in [2.24, 2.45) is 5.11 Å². The van der Waals surface area contributed by atoms with E-state index < -0.39 is 0 Å². The van der Waals surface area contributed by atoms with Crippen LogP contribution in [0.1, 0.15) is 12.0 Å². The molecular weight excluding hydrogens is 212 g/mol. The quantitative estimate of drug-likeness (QED) is 0.273. The van der Waals surface area contributed by atoms with E-state index in [2.05, 4.69) is 10.0 Å². The van der Waals surface area contributed by atoms with Crippen LogP contribution in [0.15, 0.2) is 29.4 Å². The third-order valence-electron chi connectivity index (χ3n) is 1.83. The Kier molecular flexibility index (Phi) is 4.54. The maximum Gasteiger partial charge on any atom is 0.0498 e. The highest BCUT2D eigenvalue weighted by Crippen LogP contribution is 2.23. The van der Waals surface area contributed by atoms with Gasteiger partial charge in [0.25, 0.3) is 0 Å². The molecule has 1 rings (SSSR count). The second kappa shape index (κ2) is 5.96. The van der Waals surface area contributed by atoms with Crippen molar-refractivity contribution in [2.75, 3.05) is 12.3 Å². The molecule has 0 amide bonds. The van der Waals surface area contributed by atoms with Crippen molar-refractivity contribution in [1.82, 2.24) is 0 Å². The summed E-state index contributed by atoms with van der Waals surface area (Å²) in [6.07, 6.45) is 4.39. The van der Waals surface area contributed by atoms with Gasteiger partial charge in [-0.25, -0.2) is 0 Å². The zero-order valence-corrected chi connectivity index (χ0v) is 8.85. The number of azide groups is 1. The Balaban J connectivity index is 2.67. The average Bonchev–Trinajstić information content (AvgIpc) is 2.21. The van der Waals surface area contributed by atoms with E-state index in [0.717, 1.165) is 5.56 Å². The Labute approximate surface area is 93.0 Å². The molecule has 78 valence electrons. The number of halogens is 1. The fourth-order valence-corrected chi connectivity index (χ4v) is 1.35. The maximum atomic E-state index is 8.06. The fourth-order valence-electron chi connectivity index (χ4n) is 1.11. The normalized spacial score (nSPS) is 10.2. The lowest BCUT2D eigenvalue weighted by Crippen LogP contribution is -1.89. The number of nitrogen functional groups attached to an aromatic ring is 1. The molecule has 2 N–H and O–H groups in total. The molecule has 0 saturated carbocycles. The molecule has 0 radical (unpaired) electrons. The van der Waals surface area contributed by atoms with E-state index in [-0.39, 0.29) is 0 Å². The number of hydrogen-bond donors (Lipinski definition) is 1. The number of anilines is 1. The highest BCUT2D eigenvalue weighted by Gasteiger charge is 1.98. The van der Waals surface area contributed by atoms with E-state index in [1.165, 1.54) is 0 Å². The fraction of sp³-hybridized carbons (Fsp3) is 0.200. The van der Waals surface area contributed by atoms with Gasteiger partial charge in [0.05, 0.1) is 0 Å². The van der Waals surface area contributed by atoms with Crippen LogP contribution in [0.25, 0.3) is 16.5 Å². The zero-order chi connectivity index (χ0) is 11.1. The minimum Gasteiger partial charge on any atom is -0.398 e. The zero-order valence-electron chi connectivity index (χ0n) is 8.10. The van der Waals surface area contributed by atoms with Gasteiger partial charge in [0.15, 0.2) is 0 Å². The van der Waals surface area contributed by atoms with Crippen LogP contribution in [0.4, 0.5) is 5.69 Å². The Morgan fingerprint density at radius 3 is 3.00 bits per heavy atom. The molecule has 0 fully saturated rings. The van der Waals surface area contributed by atoms with Crippen LogP contribution in [0, 0.1) is 0 Å². The summed E-state index contributed by atoms with van der Waals surface area (Å²) < 4.78 is 0. The van der Waals surface area contributed by atoms with Gasteiger partial charge in [-0.2, -0.15) is 0 Å². The third-order valence-corrected chi connectivity index (χ3v) is 2.16. The van der Waals surface area contributed by atoms with Gasteiger partial charge in [0.2, 0.25) is 0 Å². The highest BCUT2D eigenvalue weighted by atomic mass is 35.5. The van der Waals surface area contributed by atoms with Gasteiger partial charge in [0, 0.05) is 27.7 Å². The lowest BCUT2D eigenvalue weighted by molar-refractivity contribution is 0.996. The molecule has 0 saturated heterocycles. The Morgan fingerprint density at radius 1 is 1.53 bits per heavy atom. The predicted molar refractivity (Wildman–Crippen MR) is 63.5 cm³/mol. The summed E-state index contributed by atoms with van der Waals surface area (Å²) in [7, 11) is 0. The molecule has 0 heterocycles. The van der Waals surface area contributed by atoms with Crippen LogP contribution in [0.3, 0.4) is 0 Å². The average molecular weight is 223 g/mol. The topological polar surface area (TPSA) is 74.8 Å². The largest absolute Gasteiger partial charge is 0.398 e. The monoisotopic (exact) mass is 222 g/mol. The van der Waals surface area contributed by atoms with Crippen molar-refractivity contribution in [3.05, 3.63) is 45.3 Å². The molecule has 0 bridgehead atoms. The molecule has 0 spiro atoms. The second-order valence-corrected chi connectivity index (χ2v) is 3.30. The highest BCUT2D eigenvalue weighted by molar-refractivity contribution is 6.32. The van der Waals surface area contributed by atoms with Gasteiger partial charge >= 0.3 is 0 Å². The van der Waals surface area contributed by atoms with Crippen LogP contribution in [0.5, 0.6) is 0 Å². The first kappa shape index (κ1) is 11.4. The Hall–Kier alpha value is -1.64. The molecule has 1 aromatic rings. The summed E-state index contributed by atoms with van der Waals surface area (Å²) >= 11 is 5.96. The molecule has 0 aromatic heterocycles. The molecule has 0 unspecified atom stereocenters. The second-order valence-electron chi connectivity index (χ2n) is 2.89. The lowest BCUT2D eigenvalue weighted by Gasteiger charge is -2.01. The van der Waals surface area contributed by atoms with Gasteiger partial charge in [-0.05, 0) is 24.1 Å². The minimum atomic E-state index is 0.442. The van der Waals surface area contributed by atoms with E-state index in [9.17, 15) is 0 Å². The third kappa shape index (κ3) is 3.54. The predicted octanol–water partition coefficient (Wildman–Crippen LogP) is 3.64. The van der Waals surface area contributed by atoms with Crippen molar-refractivity contribution >= 4 is 23.4 Å². The van der Waals surface area contributed by atoms with Crippen molar-refractivity contribution in [3.8, 4) is 0 Å². The molecule has 0 aliphatic carbocycles. The van der Waals surface area contributed by atoms with Gasteiger partial charge in [0.1, 0.15) is 0 Å². The van der Waals surface area contributed by atoms with Gasteiger partial charge in [-0.3, -0.25) is 0 Å². The van der Waals surface area contributed by atoms with Crippen LogP contribution >= 0.6 is 11.6 Å². The molecule has 15 heavy (non-hydrogen) atoms. The number of benzene rings is 1. The molecule has 5 heteroatoms. The molecule has 0 atom stereocenters. The van der Waals surface area contributed by atoms with Crippen molar-refractivity contribution in [3.63, 3.8) is 0 Å². The van der Waals surface area contributed by atoms with E-state index >= 15 is 0 Å². The van der Waals surface area contributed by atoms with E-state index in [4.69, 9.17) is 22.9 Å². The van der Waals surface area contributed by atoms with Crippen molar-refractivity contribution in [1.29, 1.82) is 0 Å². The van der Waals surface area contributed by atoms with E-state index in [0.29, 0.717) is 23.7 Å². The number of hydrogen-bond acceptors (Lipinski definition) is 2. The summed E-state index contributed by atoms with van der Waals surface area (Å²) in [5, 5.41) is 4.03. The van der Waals surface area contributed by atoms with Crippen LogP contribution in [-0.2, 0) is 0 Å². The van der Waals surface area contributed by atoms with Gasteiger partial charge in [-0.1, -0.05) is 34.9 Å². The number of nitrogens with zero attached hydrogens (tertiary/aromatic N) is 3. The Morgan fingerprint density at radius 2 is 2.33 bits per heavy atom. The van der Waals surface area contributed by atoms with Crippen LogP contribution < -0.4 is 5.73 Å². The summed E-state index contributed by atoms with van der Waals surface area (Å²) in [5.41, 5.74) is 15.3. The summed E-state index contributed by atoms with van der Waals surface area (Å²) in [4.78, 5) is 2.66. The van der Waals surface area contributed by atoms with Gasteiger partial charge in [-0.15, -0.1) is 0 Å². The number of rotatable bonds is 4. The molecule has 0 aliphatic rings. The smallest absolute Gasteiger partial charge is 0.0498 e. The first-order valence-electron chi connectivity index (χ1n) is 4.47. The molecule has 0 aliphatic heterocycles. The van der Waals surface area contributed by atoms with E-state index in [1.54, 1.807) is 18.2 Å². The summed E-state index contributed by atoms with van der Waals surface area (Å²) in [5.74, 6) is 0. The van der Waals surface area contributed by atoms with Crippen LogP contribution in [-0.4, -0.2) is 6.54 Å². The standard InChI is InChI=1S/C10H11ClN4/c11-9-5-3-6-10(12)8(9)4-1-2-7-14-15-13/h1,3-6H,2,7,12H2. The van der Waals surface area contributed by atoms with Crippen molar-refractivity contribution < 1.29 is 0 Å². The van der Waals surface area contributed by atoms with Crippen molar-refractivity contribution in [2.45, 2.75) is 6.42 Å². The molecular formula is C10H11ClN4. The summed E-state index contributed by atoms with van der Waals surface area (Å²) in [6, 6.07) is 5.37. The SMILES string of the molecule is [N-]=[N+]=NCCC=Cc1c(N)cccc1Cl.